The largest absolute Gasteiger partial charge is 0.319 e. The first-order valence-corrected chi connectivity index (χ1v) is 5.70. The fourth-order valence-corrected chi connectivity index (χ4v) is 1.75. The fourth-order valence-electron chi connectivity index (χ4n) is 1.75. The lowest BCUT2D eigenvalue weighted by molar-refractivity contribution is 0.357. The second-order valence-corrected chi connectivity index (χ2v) is 4.26. The van der Waals surface area contributed by atoms with E-state index in [9.17, 15) is 0 Å². The molecule has 4 heteroatoms. The number of aryl methyl sites for hydroxylation is 1. The summed E-state index contributed by atoms with van der Waals surface area (Å²) in [6.45, 7) is 8.55. The molecule has 1 heterocycles. The third-order valence-electron chi connectivity index (χ3n) is 2.85. The molecule has 0 aliphatic rings. The van der Waals surface area contributed by atoms with Gasteiger partial charge in [0.15, 0.2) is 0 Å². The predicted octanol–water partition coefficient (Wildman–Crippen LogP) is 1.33. The highest BCUT2D eigenvalue weighted by atomic mass is 15.3. The summed E-state index contributed by atoms with van der Waals surface area (Å²) in [6.07, 6.45) is 2.65. The lowest BCUT2D eigenvalue weighted by atomic mass is 9.92. The van der Waals surface area contributed by atoms with Gasteiger partial charge < -0.3 is 5.32 Å². The van der Waals surface area contributed by atoms with Crippen molar-refractivity contribution in [3.05, 3.63) is 12.2 Å². The minimum atomic E-state index is 0.629. The summed E-state index contributed by atoms with van der Waals surface area (Å²) in [5, 5.41) is 7.43. The summed E-state index contributed by atoms with van der Waals surface area (Å²) in [4.78, 5) is 4.32. The van der Waals surface area contributed by atoms with Gasteiger partial charge in [0.1, 0.15) is 12.2 Å². The van der Waals surface area contributed by atoms with Crippen molar-refractivity contribution in [3.63, 3.8) is 0 Å². The lowest BCUT2D eigenvalue weighted by Gasteiger charge is -2.19. The van der Waals surface area contributed by atoms with Gasteiger partial charge in [-0.25, -0.2) is 4.98 Å². The van der Waals surface area contributed by atoms with Crippen LogP contribution in [0.4, 0.5) is 0 Å². The van der Waals surface area contributed by atoms with Gasteiger partial charge in [0, 0.05) is 13.0 Å². The molecule has 1 N–H and O–H groups in total. The Morgan fingerprint density at radius 1 is 1.47 bits per heavy atom. The molecule has 0 fully saturated rings. The van der Waals surface area contributed by atoms with Crippen molar-refractivity contribution >= 4 is 0 Å². The van der Waals surface area contributed by atoms with Crippen LogP contribution in [0.3, 0.4) is 0 Å². The average Bonchev–Trinajstić information content (AvgIpc) is 2.64. The molecule has 1 aromatic heterocycles. The van der Waals surface area contributed by atoms with Gasteiger partial charge in [-0.05, 0) is 32.4 Å². The second kappa shape index (κ2) is 5.85. The summed E-state index contributed by atoms with van der Waals surface area (Å²) < 4.78 is 1.98. The van der Waals surface area contributed by atoms with E-state index in [4.69, 9.17) is 0 Å². The first-order valence-electron chi connectivity index (χ1n) is 5.70. The van der Waals surface area contributed by atoms with E-state index in [1.54, 1.807) is 6.33 Å². The van der Waals surface area contributed by atoms with Gasteiger partial charge in [-0.2, -0.15) is 5.10 Å². The van der Waals surface area contributed by atoms with E-state index < -0.39 is 0 Å². The van der Waals surface area contributed by atoms with Crippen molar-refractivity contribution in [1.29, 1.82) is 0 Å². The zero-order chi connectivity index (χ0) is 11.3. The zero-order valence-electron chi connectivity index (χ0n) is 10.2. The van der Waals surface area contributed by atoms with Crippen molar-refractivity contribution in [3.8, 4) is 0 Å². The number of aromatic nitrogens is 3. The number of hydrogen-bond acceptors (Lipinski definition) is 3. The quantitative estimate of drug-likeness (QED) is 0.770. The molecule has 0 radical (unpaired) electrons. The number of nitrogens with one attached hydrogen (secondary N) is 1. The molecule has 0 spiro atoms. The Balaban J connectivity index is 2.65. The van der Waals surface area contributed by atoms with Gasteiger partial charge in [-0.15, -0.1) is 0 Å². The van der Waals surface area contributed by atoms with Crippen LogP contribution in [0, 0.1) is 11.8 Å². The van der Waals surface area contributed by atoms with E-state index >= 15 is 0 Å². The molecule has 1 rings (SSSR count). The van der Waals surface area contributed by atoms with Crippen molar-refractivity contribution in [2.75, 3.05) is 13.6 Å². The van der Waals surface area contributed by atoms with Crippen molar-refractivity contribution in [2.45, 2.75) is 33.7 Å². The predicted molar refractivity (Wildman–Crippen MR) is 61.7 cm³/mol. The van der Waals surface area contributed by atoms with Crippen LogP contribution in [0.5, 0.6) is 0 Å². The number of rotatable bonds is 6. The molecule has 0 aliphatic heterocycles. The summed E-state index contributed by atoms with van der Waals surface area (Å²) in [7, 11) is 2.00. The van der Waals surface area contributed by atoms with E-state index in [-0.39, 0.29) is 0 Å². The molecule has 0 saturated carbocycles. The van der Waals surface area contributed by atoms with Gasteiger partial charge in [0.25, 0.3) is 0 Å². The van der Waals surface area contributed by atoms with E-state index in [0.29, 0.717) is 11.8 Å². The van der Waals surface area contributed by atoms with Crippen molar-refractivity contribution in [1.82, 2.24) is 20.1 Å². The standard InChI is InChI=1S/C11H22N4/c1-5-15-11(13-8-14-15)6-10(7-12-4)9(2)3/h8-10,12H,5-7H2,1-4H3. The highest BCUT2D eigenvalue weighted by Crippen LogP contribution is 2.15. The van der Waals surface area contributed by atoms with Gasteiger partial charge in [-0.1, -0.05) is 13.8 Å². The first kappa shape index (κ1) is 12.2. The van der Waals surface area contributed by atoms with Gasteiger partial charge in [-0.3, -0.25) is 4.68 Å². The fraction of sp³-hybridized carbons (Fsp3) is 0.818. The molecule has 0 amide bonds. The summed E-state index contributed by atoms with van der Waals surface area (Å²) in [5.41, 5.74) is 0. The first-order chi connectivity index (χ1) is 7.19. The van der Waals surface area contributed by atoms with E-state index in [1.165, 1.54) is 0 Å². The Hall–Kier alpha value is -0.900. The Labute approximate surface area is 92.1 Å². The Morgan fingerprint density at radius 3 is 2.73 bits per heavy atom. The maximum Gasteiger partial charge on any atom is 0.138 e. The van der Waals surface area contributed by atoms with Crippen LogP contribution >= 0.6 is 0 Å². The second-order valence-electron chi connectivity index (χ2n) is 4.26. The maximum atomic E-state index is 4.32. The number of hydrogen-bond donors (Lipinski definition) is 1. The van der Waals surface area contributed by atoms with E-state index in [1.807, 2.05) is 11.7 Å². The third-order valence-corrected chi connectivity index (χ3v) is 2.85. The summed E-state index contributed by atoms with van der Waals surface area (Å²) in [6, 6.07) is 0. The Bertz CT molecular complexity index is 280. The molecule has 1 atom stereocenters. The van der Waals surface area contributed by atoms with Crippen molar-refractivity contribution in [2.24, 2.45) is 11.8 Å². The molecule has 0 bridgehead atoms. The van der Waals surface area contributed by atoms with Gasteiger partial charge >= 0.3 is 0 Å². The summed E-state index contributed by atoms with van der Waals surface area (Å²) >= 11 is 0. The molecule has 1 aromatic rings. The van der Waals surface area contributed by atoms with Crippen molar-refractivity contribution < 1.29 is 0 Å². The molecule has 1 unspecified atom stereocenters. The summed E-state index contributed by atoms with van der Waals surface area (Å²) in [5.74, 6) is 2.40. The molecule has 0 aliphatic carbocycles. The molecule has 4 nitrogen and oxygen atoms in total. The molecule has 0 saturated heterocycles. The van der Waals surface area contributed by atoms with Crippen LogP contribution < -0.4 is 5.32 Å². The maximum absolute atomic E-state index is 4.32. The zero-order valence-corrected chi connectivity index (χ0v) is 10.2. The van der Waals surface area contributed by atoms with Crippen LogP contribution in [-0.4, -0.2) is 28.4 Å². The van der Waals surface area contributed by atoms with E-state index in [0.717, 1.165) is 25.3 Å². The van der Waals surface area contributed by atoms with Gasteiger partial charge in [0.2, 0.25) is 0 Å². The lowest BCUT2D eigenvalue weighted by Crippen LogP contribution is -2.26. The smallest absolute Gasteiger partial charge is 0.138 e. The average molecular weight is 210 g/mol. The van der Waals surface area contributed by atoms with Crippen LogP contribution in [0.15, 0.2) is 6.33 Å². The van der Waals surface area contributed by atoms with E-state index in [2.05, 4.69) is 36.2 Å². The topological polar surface area (TPSA) is 42.7 Å². The Kier molecular flexibility index (Phi) is 4.75. The van der Waals surface area contributed by atoms with Gasteiger partial charge in [0.05, 0.1) is 0 Å². The third kappa shape index (κ3) is 3.30. The van der Waals surface area contributed by atoms with Crippen LogP contribution in [0.2, 0.25) is 0 Å². The highest BCUT2D eigenvalue weighted by molar-refractivity contribution is 4.88. The molecular weight excluding hydrogens is 188 g/mol. The minimum absolute atomic E-state index is 0.629. The monoisotopic (exact) mass is 210 g/mol. The van der Waals surface area contributed by atoms with Crippen LogP contribution in [-0.2, 0) is 13.0 Å². The van der Waals surface area contributed by atoms with Crippen LogP contribution in [0.25, 0.3) is 0 Å². The minimum Gasteiger partial charge on any atom is -0.319 e. The Morgan fingerprint density at radius 2 is 2.20 bits per heavy atom. The molecule has 86 valence electrons. The number of nitrogens with zero attached hydrogens (tertiary/aromatic N) is 3. The normalized spacial score (nSPS) is 13.4. The molecule has 0 aromatic carbocycles. The highest BCUT2D eigenvalue weighted by Gasteiger charge is 2.16. The SMILES string of the molecule is CCn1ncnc1CC(CNC)C(C)C. The van der Waals surface area contributed by atoms with Crippen LogP contribution in [0.1, 0.15) is 26.6 Å². The molecular formula is C11H22N4. The molecule has 15 heavy (non-hydrogen) atoms.